The first-order chi connectivity index (χ1) is 11.9. The quantitative estimate of drug-likeness (QED) is 0.658. The van der Waals surface area contributed by atoms with E-state index in [2.05, 4.69) is 4.72 Å². The van der Waals surface area contributed by atoms with Crippen molar-refractivity contribution in [2.45, 2.75) is 11.9 Å². The molecule has 0 fully saturated rings. The minimum absolute atomic E-state index is 0.0840. The van der Waals surface area contributed by atoms with E-state index in [1.807, 2.05) is 5.38 Å². The van der Waals surface area contributed by atoms with Crippen molar-refractivity contribution in [2.24, 2.45) is 0 Å². The molecule has 0 saturated carbocycles. The number of aliphatic hydroxyl groups is 1. The number of hydrogen-bond donors (Lipinski definition) is 2. The Labute approximate surface area is 148 Å². The van der Waals surface area contributed by atoms with E-state index < -0.39 is 27.7 Å². The lowest BCUT2D eigenvalue weighted by Crippen LogP contribution is -2.29. The van der Waals surface area contributed by atoms with Crippen molar-refractivity contribution in [3.05, 3.63) is 70.4 Å². The predicted octanol–water partition coefficient (Wildman–Crippen LogP) is 3.30. The monoisotopic (exact) mass is 381 g/mol. The summed E-state index contributed by atoms with van der Waals surface area (Å²) < 4.78 is 45.3. The molecule has 132 valence electrons. The van der Waals surface area contributed by atoms with E-state index >= 15 is 0 Å². The molecule has 8 heteroatoms. The minimum Gasteiger partial charge on any atom is -0.464 e. The average molecular weight is 381 g/mol. The van der Waals surface area contributed by atoms with Gasteiger partial charge in [-0.05, 0) is 24.3 Å². The number of nitrogens with one attached hydrogen (secondary N) is 1. The molecule has 0 aliphatic rings. The van der Waals surface area contributed by atoms with Crippen LogP contribution in [0.5, 0.6) is 0 Å². The van der Waals surface area contributed by atoms with Gasteiger partial charge in [0.1, 0.15) is 17.7 Å². The second-order valence-corrected chi connectivity index (χ2v) is 8.18. The lowest BCUT2D eigenvalue weighted by molar-refractivity contribution is 0.186. The van der Waals surface area contributed by atoms with Crippen molar-refractivity contribution in [2.75, 3.05) is 6.54 Å². The van der Waals surface area contributed by atoms with Gasteiger partial charge in [0.15, 0.2) is 0 Å². The van der Waals surface area contributed by atoms with Gasteiger partial charge in [0.25, 0.3) is 0 Å². The molecule has 5 nitrogen and oxygen atoms in total. The second kappa shape index (κ2) is 7.49. The third-order valence-electron chi connectivity index (χ3n) is 3.55. The van der Waals surface area contributed by atoms with Crippen LogP contribution in [0, 0.1) is 5.82 Å². The van der Waals surface area contributed by atoms with Gasteiger partial charge in [-0.1, -0.05) is 18.2 Å². The fraction of sp³-hybridized carbons (Fsp3) is 0.176. The third kappa shape index (κ3) is 4.55. The molecular weight excluding hydrogens is 365 g/mol. The molecule has 0 bridgehead atoms. The summed E-state index contributed by atoms with van der Waals surface area (Å²) in [6, 6.07) is 11.0. The zero-order valence-corrected chi connectivity index (χ0v) is 14.7. The third-order valence-corrected chi connectivity index (χ3v) is 5.89. The first kappa shape index (κ1) is 17.8. The molecule has 2 aromatic heterocycles. The SMILES string of the molecule is O=S(=O)(Cc1ccccc1F)NCC(O)c1cc(-c2ccco2)cs1. The Morgan fingerprint density at radius 1 is 1.24 bits per heavy atom. The normalized spacial score (nSPS) is 13.0. The molecule has 3 rings (SSSR count). The number of hydrogen-bond acceptors (Lipinski definition) is 5. The van der Waals surface area contributed by atoms with Crippen molar-refractivity contribution < 1.29 is 22.3 Å². The summed E-state index contributed by atoms with van der Waals surface area (Å²) in [6.07, 6.45) is 0.559. The van der Waals surface area contributed by atoms with Gasteiger partial charge in [0.2, 0.25) is 10.0 Å². The van der Waals surface area contributed by atoms with Crippen LogP contribution in [0.3, 0.4) is 0 Å². The maximum atomic E-state index is 13.6. The fourth-order valence-corrected chi connectivity index (χ4v) is 4.32. The number of halogens is 1. The molecule has 2 heterocycles. The molecule has 0 saturated heterocycles. The topological polar surface area (TPSA) is 79.5 Å². The lowest BCUT2D eigenvalue weighted by Gasteiger charge is -2.11. The molecule has 25 heavy (non-hydrogen) atoms. The van der Waals surface area contributed by atoms with E-state index in [1.165, 1.54) is 29.5 Å². The molecule has 0 aliphatic heterocycles. The van der Waals surface area contributed by atoms with Gasteiger partial charge in [0, 0.05) is 27.9 Å². The van der Waals surface area contributed by atoms with Crippen molar-refractivity contribution >= 4 is 21.4 Å². The maximum absolute atomic E-state index is 13.6. The summed E-state index contributed by atoms with van der Waals surface area (Å²) in [6.45, 7) is -0.186. The molecule has 0 amide bonds. The Bertz CT molecular complexity index is 935. The zero-order valence-electron chi connectivity index (χ0n) is 13.1. The van der Waals surface area contributed by atoms with Crippen molar-refractivity contribution in [3.8, 4) is 11.3 Å². The van der Waals surface area contributed by atoms with E-state index in [1.54, 1.807) is 30.5 Å². The summed E-state index contributed by atoms with van der Waals surface area (Å²) >= 11 is 1.31. The molecule has 1 unspecified atom stereocenters. The van der Waals surface area contributed by atoms with Crippen LogP contribution >= 0.6 is 11.3 Å². The Morgan fingerprint density at radius 2 is 2.04 bits per heavy atom. The lowest BCUT2D eigenvalue weighted by atomic mass is 10.2. The highest BCUT2D eigenvalue weighted by atomic mass is 32.2. The van der Waals surface area contributed by atoms with Crippen molar-refractivity contribution in [3.63, 3.8) is 0 Å². The molecule has 0 radical (unpaired) electrons. The van der Waals surface area contributed by atoms with Crippen LogP contribution in [0.15, 0.2) is 58.5 Å². The van der Waals surface area contributed by atoms with Crippen LogP contribution in [0.2, 0.25) is 0 Å². The Hall–Kier alpha value is -2.00. The number of sulfonamides is 1. The molecule has 1 atom stereocenters. The average Bonchev–Trinajstić information content (AvgIpc) is 3.25. The summed E-state index contributed by atoms with van der Waals surface area (Å²) in [5.74, 6) is -0.376. The van der Waals surface area contributed by atoms with Crippen molar-refractivity contribution in [1.82, 2.24) is 4.72 Å². The van der Waals surface area contributed by atoms with E-state index in [0.29, 0.717) is 10.6 Å². The largest absolute Gasteiger partial charge is 0.464 e. The summed E-state index contributed by atoms with van der Waals surface area (Å²) in [5, 5.41) is 12.0. The molecule has 1 aromatic carbocycles. The maximum Gasteiger partial charge on any atom is 0.215 e. The standard InChI is InChI=1S/C17H16FNO4S2/c18-14-5-2-1-4-12(14)11-25(21,22)19-9-15(20)17-8-13(10-24-17)16-6-3-7-23-16/h1-8,10,15,19-20H,9,11H2. The van der Waals surface area contributed by atoms with E-state index in [9.17, 15) is 17.9 Å². The number of benzene rings is 1. The number of rotatable bonds is 7. The Kier molecular flexibility index (Phi) is 5.33. The molecule has 0 spiro atoms. The Balaban J connectivity index is 1.62. The van der Waals surface area contributed by atoms with Gasteiger partial charge < -0.3 is 9.52 Å². The van der Waals surface area contributed by atoms with Crippen LogP contribution in [-0.2, 0) is 15.8 Å². The summed E-state index contributed by atoms with van der Waals surface area (Å²) in [7, 11) is -3.76. The number of aliphatic hydroxyl groups excluding tert-OH is 1. The highest BCUT2D eigenvalue weighted by Gasteiger charge is 2.18. The van der Waals surface area contributed by atoms with Gasteiger partial charge in [-0.3, -0.25) is 0 Å². The van der Waals surface area contributed by atoms with E-state index in [-0.39, 0.29) is 12.1 Å². The molecule has 0 aliphatic carbocycles. The van der Waals surface area contributed by atoms with Crippen molar-refractivity contribution in [1.29, 1.82) is 0 Å². The van der Waals surface area contributed by atoms with E-state index in [0.717, 1.165) is 5.56 Å². The van der Waals surface area contributed by atoms with Crippen LogP contribution in [0.25, 0.3) is 11.3 Å². The molecular formula is C17H16FNO4S2. The van der Waals surface area contributed by atoms with Gasteiger partial charge in [-0.15, -0.1) is 11.3 Å². The van der Waals surface area contributed by atoms with Crippen LogP contribution in [-0.4, -0.2) is 20.1 Å². The predicted molar refractivity (Wildman–Crippen MR) is 94.0 cm³/mol. The van der Waals surface area contributed by atoms with E-state index in [4.69, 9.17) is 4.42 Å². The van der Waals surface area contributed by atoms with Gasteiger partial charge in [-0.25, -0.2) is 17.5 Å². The molecule has 3 aromatic rings. The van der Waals surface area contributed by atoms with Crippen LogP contribution in [0.1, 0.15) is 16.5 Å². The first-order valence-corrected chi connectivity index (χ1v) is 9.99. The van der Waals surface area contributed by atoms with Crippen LogP contribution < -0.4 is 4.72 Å². The van der Waals surface area contributed by atoms with Gasteiger partial charge in [-0.2, -0.15) is 0 Å². The number of thiophene rings is 1. The fourth-order valence-electron chi connectivity index (χ4n) is 2.28. The number of furan rings is 1. The summed E-state index contributed by atoms with van der Waals surface area (Å²) in [5.41, 5.74) is 0.902. The first-order valence-electron chi connectivity index (χ1n) is 7.46. The second-order valence-electron chi connectivity index (χ2n) is 5.43. The Morgan fingerprint density at radius 3 is 2.76 bits per heavy atom. The highest BCUT2D eigenvalue weighted by molar-refractivity contribution is 7.88. The molecule has 2 N–H and O–H groups in total. The smallest absolute Gasteiger partial charge is 0.215 e. The minimum atomic E-state index is -3.76. The zero-order chi connectivity index (χ0) is 17.9. The summed E-state index contributed by atoms with van der Waals surface area (Å²) in [4.78, 5) is 0.611. The van der Waals surface area contributed by atoms with Crippen LogP contribution in [0.4, 0.5) is 4.39 Å². The highest BCUT2D eigenvalue weighted by Crippen LogP contribution is 2.29. The van der Waals surface area contributed by atoms with Gasteiger partial charge >= 0.3 is 0 Å². The van der Waals surface area contributed by atoms with Gasteiger partial charge in [0.05, 0.1) is 12.0 Å².